The molecule has 0 saturated carbocycles. The molecule has 2 N–H and O–H groups in total. The zero-order chi connectivity index (χ0) is 13.7. The van der Waals surface area contributed by atoms with E-state index in [-0.39, 0.29) is 0 Å². The Morgan fingerprint density at radius 3 is 2.84 bits per heavy atom. The van der Waals surface area contributed by atoms with E-state index in [1.807, 2.05) is 20.0 Å². The van der Waals surface area contributed by atoms with Crippen LogP contribution < -0.4 is 10.1 Å². The van der Waals surface area contributed by atoms with Gasteiger partial charge in [-0.3, -0.25) is 5.10 Å². The Bertz CT molecular complexity index is 538. The monoisotopic (exact) mass is 261 g/mol. The molecule has 6 heteroatoms. The van der Waals surface area contributed by atoms with Crippen LogP contribution in [-0.2, 0) is 6.42 Å². The van der Waals surface area contributed by atoms with Crippen LogP contribution in [0, 0.1) is 13.8 Å². The maximum absolute atomic E-state index is 5.11. The number of hydrogen-bond donors (Lipinski definition) is 2. The smallest absolute Gasteiger partial charge is 0.226 e. The quantitative estimate of drug-likeness (QED) is 0.776. The molecule has 19 heavy (non-hydrogen) atoms. The number of ether oxygens (including phenoxy) is 1. The molecular weight excluding hydrogens is 242 g/mol. The first kappa shape index (κ1) is 13.3. The average Bonchev–Trinajstić information content (AvgIpc) is 2.80. The van der Waals surface area contributed by atoms with E-state index in [1.54, 1.807) is 13.2 Å². The number of nitrogens with zero attached hydrogens (tertiary/aromatic N) is 3. The topological polar surface area (TPSA) is 75.7 Å². The molecule has 2 rings (SSSR count). The fourth-order valence-corrected chi connectivity index (χ4v) is 1.83. The molecule has 0 atom stereocenters. The molecule has 102 valence electrons. The summed E-state index contributed by atoms with van der Waals surface area (Å²) in [7, 11) is 1.60. The first-order chi connectivity index (χ1) is 9.19. The first-order valence-corrected chi connectivity index (χ1v) is 6.31. The van der Waals surface area contributed by atoms with Crippen LogP contribution in [0.15, 0.2) is 12.3 Å². The molecule has 0 aliphatic heterocycles. The summed E-state index contributed by atoms with van der Waals surface area (Å²) in [6.07, 6.45) is 3.86. The number of aromatic amines is 1. The predicted molar refractivity (Wildman–Crippen MR) is 73.5 cm³/mol. The summed E-state index contributed by atoms with van der Waals surface area (Å²) in [5, 5.41) is 10.2. The first-order valence-electron chi connectivity index (χ1n) is 6.31. The Kier molecular flexibility index (Phi) is 4.33. The summed E-state index contributed by atoms with van der Waals surface area (Å²) in [6.45, 7) is 4.77. The van der Waals surface area contributed by atoms with E-state index >= 15 is 0 Å². The zero-order valence-corrected chi connectivity index (χ0v) is 11.5. The molecule has 0 aliphatic rings. The van der Waals surface area contributed by atoms with Crippen molar-refractivity contribution in [2.45, 2.75) is 26.7 Å². The third kappa shape index (κ3) is 3.67. The fraction of sp³-hybridized carbons (Fsp3) is 0.462. The second-order valence-corrected chi connectivity index (χ2v) is 4.43. The molecule has 2 aromatic rings. The molecular formula is C13H19N5O. The minimum Gasteiger partial charge on any atom is -0.481 e. The van der Waals surface area contributed by atoms with E-state index in [9.17, 15) is 0 Å². The minimum absolute atomic E-state index is 0.584. The molecule has 0 aliphatic carbocycles. The highest BCUT2D eigenvalue weighted by atomic mass is 16.5. The zero-order valence-electron chi connectivity index (χ0n) is 11.5. The highest BCUT2D eigenvalue weighted by Crippen LogP contribution is 2.11. The van der Waals surface area contributed by atoms with Crippen molar-refractivity contribution in [1.29, 1.82) is 0 Å². The average molecular weight is 261 g/mol. The van der Waals surface area contributed by atoms with E-state index in [1.165, 1.54) is 5.56 Å². The molecule has 0 amide bonds. The number of aryl methyl sites for hydroxylation is 3. The van der Waals surface area contributed by atoms with Crippen LogP contribution in [0.3, 0.4) is 0 Å². The van der Waals surface area contributed by atoms with Crippen LogP contribution in [-0.4, -0.2) is 33.8 Å². The Labute approximate surface area is 112 Å². The molecule has 0 radical (unpaired) electrons. The summed E-state index contributed by atoms with van der Waals surface area (Å²) in [4.78, 5) is 8.55. The van der Waals surface area contributed by atoms with Gasteiger partial charge >= 0.3 is 0 Å². The van der Waals surface area contributed by atoms with Crippen LogP contribution in [0.2, 0.25) is 0 Å². The molecule has 0 unspecified atom stereocenters. The van der Waals surface area contributed by atoms with Crippen molar-refractivity contribution < 1.29 is 4.74 Å². The summed E-state index contributed by atoms with van der Waals surface area (Å²) in [5.74, 6) is 1.20. The number of rotatable bonds is 6. The third-order valence-electron chi connectivity index (χ3n) is 2.88. The van der Waals surface area contributed by atoms with Gasteiger partial charge in [0.1, 0.15) is 0 Å². The largest absolute Gasteiger partial charge is 0.481 e. The van der Waals surface area contributed by atoms with Crippen LogP contribution in [0.1, 0.15) is 23.4 Å². The Hall–Kier alpha value is -2.11. The van der Waals surface area contributed by atoms with Gasteiger partial charge in [-0.1, -0.05) is 0 Å². The van der Waals surface area contributed by atoms with Crippen LogP contribution in [0.25, 0.3) is 0 Å². The van der Waals surface area contributed by atoms with E-state index < -0.39 is 0 Å². The molecule has 6 nitrogen and oxygen atoms in total. The van der Waals surface area contributed by atoms with Gasteiger partial charge in [0.05, 0.1) is 13.3 Å². The lowest BCUT2D eigenvalue weighted by atomic mass is 10.1. The SMILES string of the molecule is COc1cc(C)nc(NCCCc2cn[nH]c2C)n1. The summed E-state index contributed by atoms with van der Waals surface area (Å²) in [5.41, 5.74) is 3.28. The number of H-pyrrole nitrogens is 1. The van der Waals surface area contributed by atoms with E-state index in [4.69, 9.17) is 4.74 Å². The van der Waals surface area contributed by atoms with Gasteiger partial charge in [0.2, 0.25) is 11.8 Å². The lowest BCUT2D eigenvalue weighted by molar-refractivity contribution is 0.397. The van der Waals surface area contributed by atoms with Crippen molar-refractivity contribution in [3.8, 4) is 5.88 Å². The van der Waals surface area contributed by atoms with Gasteiger partial charge in [0.15, 0.2) is 0 Å². The highest BCUT2D eigenvalue weighted by molar-refractivity contribution is 5.30. The standard InChI is InChI=1S/C13H19N5O/c1-9-7-12(19-3)17-13(16-9)14-6-4-5-11-8-15-18-10(11)2/h7-8H,4-6H2,1-3H3,(H,15,18)(H,14,16,17). The number of nitrogens with one attached hydrogen (secondary N) is 2. The van der Waals surface area contributed by atoms with Crippen LogP contribution in [0.4, 0.5) is 5.95 Å². The summed E-state index contributed by atoms with van der Waals surface area (Å²) in [6, 6.07) is 1.81. The molecule has 2 heterocycles. The highest BCUT2D eigenvalue weighted by Gasteiger charge is 2.03. The van der Waals surface area contributed by atoms with Gasteiger partial charge in [-0.2, -0.15) is 10.1 Å². The molecule has 0 fully saturated rings. The van der Waals surface area contributed by atoms with E-state index in [0.717, 1.165) is 30.8 Å². The predicted octanol–water partition coefficient (Wildman–Crippen LogP) is 1.87. The lowest BCUT2D eigenvalue weighted by Crippen LogP contribution is -2.07. The van der Waals surface area contributed by atoms with Crippen molar-refractivity contribution in [1.82, 2.24) is 20.2 Å². The molecule has 0 bridgehead atoms. The minimum atomic E-state index is 0.584. The Balaban J connectivity index is 1.82. The van der Waals surface area contributed by atoms with E-state index in [2.05, 4.69) is 25.5 Å². The molecule has 0 spiro atoms. The lowest BCUT2D eigenvalue weighted by Gasteiger charge is -2.07. The van der Waals surface area contributed by atoms with Crippen LogP contribution in [0.5, 0.6) is 5.88 Å². The Morgan fingerprint density at radius 2 is 2.16 bits per heavy atom. The van der Waals surface area contributed by atoms with Crippen molar-refractivity contribution in [3.63, 3.8) is 0 Å². The molecule has 0 aromatic carbocycles. The van der Waals surface area contributed by atoms with Crippen molar-refractivity contribution in [2.75, 3.05) is 19.0 Å². The van der Waals surface area contributed by atoms with E-state index in [0.29, 0.717) is 11.8 Å². The Morgan fingerprint density at radius 1 is 1.32 bits per heavy atom. The van der Waals surface area contributed by atoms with Crippen LogP contribution >= 0.6 is 0 Å². The van der Waals surface area contributed by atoms with Crippen molar-refractivity contribution >= 4 is 5.95 Å². The van der Waals surface area contributed by atoms with Gasteiger partial charge in [0.25, 0.3) is 0 Å². The van der Waals surface area contributed by atoms with Gasteiger partial charge in [-0.25, -0.2) is 4.98 Å². The fourth-order valence-electron chi connectivity index (χ4n) is 1.83. The van der Waals surface area contributed by atoms with Crippen molar-refractivity contribution in [3.05, 3.63) is 29.2 Å². The third-order valence-corrected chi connectivity index (χ3v) is 2.88. The molecule has 0 saturated heterocycles. The van der Waals surface area contributed by atoms with Gasteiger partial charge < -0.3 is 10.1 Å². The van der Waals surface area contributed by atoms with Gasteiger partial charge in [0, 0.05) is 24.0 Å². The van der Waals surface area contributed by atoms with Gasteiger partial charge in [-0.05, 0) is 32.3 Å². The normalized spacial score (nSPS) is 10.5. The summed E-state index contributed by atoms with van der Waals surface area (Å²) >= 11 is 0. The number of aromatic nitrogens is 4. The second-order valence-electron chi connectivity index (χ2n) is 4.43. The van der Waals surface area contributed by atoms with Crippen molar-refractivity contribution in [2.24, 2.45) is 0 Å². The maximum atomic E-state index is 5.11. The number of anilines is 1. The number of methoxy groups -OCH3 is 1. The van der Waals surface area contributed by atoms with Gasteiger partial charge in [-0.15, -0.1) is 0 Å². The molecule has 2 aromatic heterocycles. The maximum Gasteiger partial charge on any atom is 0.226 e. The second kappa shape index (κ2) is 6.17. The summed E-state index contributed by atoms with van der Waals surface area (Å²) < 4.78 is 5.11. The number of hydrogen-bond acceptors (Lipinski definition) is 5.